The van der Waals surface area contributed by atoms with Crippen molar-refractivity contribution in [2.45, 2.75) is 13.2 Å². The predicted octanol–water partition coefficient (Wildman–Crippen LogP) is 4.24. The van der Waals surface area contributed by atoms with Crippen LogP contribution in [0.4, 0.5) is 0 Å². The number of pyridine rings is 1. The highest BCUT2D eigenvalue weighted by molar-refractivity contribution is 9.10. The Morgan fingerprint density at radius 3 is 2.76 bits per heavy atom. The first-order valence-corrected chi connectivity index (χ1v) is 8.56. The van der Waals surface area contributed by atoms with Gasteiger partial charge in [-0.15, -0.1) is 5.10 Å². The number of fused-ring (bicyclic) bond motifs is 1. The number of halogens is 1. The van der Waals surface area contributed by atoms with Gasteiger partial charge in [0, 0.05) is 29.4 Å². The number of hydrazone groups is 1. The maximum atomic E-state index is 12.1. The molecule has 0 bridgehead atoms. The van der Waals surface area contributed by atoms with Crippen molar-refractivity contribution >= 4 is 38.5 Å². The van der Waals surface area contributed by atoms with E-state index < -0.39 is 6.23 Å². The molecule has 4 rings (SSSR count). The van der Waals surface area contributed by atoms with E-state index in [1.807, 2.05) is 48.5 Å². The predicted molar refractivity (Wildman–Crippen MR) is 98.8 cm³/mol. The molecule has 2 aromatic carbocycles. The molecular formula is C19H14BrN3O2. The van der Waals surface area contributed by atoms with Crippen molar-refractivity contribution in [1.82, 2.24) is 9.99 Å². The summed E-state index contributed by atoms with van der Waals surface area (Å²) in [5, 5.41) is 7.87. The summed E-state index contributed by atoms with van der Waals surface area (Å²) in [4.78, 5) is 16.3. The van der Waals surface area contributed by atoms with Gasteiger partial charge in [-0.3, -0.25) is 9.78 Å². The minimum absolute atomic E-state index is 0.184. The van der Waals surface area contributed by atoms with Gasteiger partial charge in [-0.1, -0.05) is 42.5 Å². The first-order chi connectivity index (χ1) is 12.1. The van der Waals surface area contributed by atoms with Gasteiger partial charge in [0.15, 0.2) is 0 Å². The summed E-state index contributed by atoms with van der Waals surface area (Å²) < 4.78 is 6.88. The highest BCUT2D eigenvalue weighted by atomic mass is 79.9. The Morgan fingerprint density at radius 2 is 1.96 bits per heavy atom. The summed E-state index contributed by atoms with van der Waals surface area (Å²) in [7, 11) is 0. The van der Waals surface area contributed by atoms with Crippen molar-refractivity contribution in [3.8, 4) is 0 Å². The van der Waals surface area contributed by atoms with Crippen LogP contribution in [0.1, 0.15) is 24.3 Å². The maximum absolute atomic E-state index is 12.1. The van der Waals surface area contributed by atoms with Gasteiger partial charge in [-0.05, 0) is 32.8 Å². The molecule has 3 aromatic rings. The summed E-state index contributed by atoms with van der Waals surface area (Å²) in [5.41, 5.74) is 1.61. The molecular weight excluding hydrogens is 382 g/mol. The number of rotatable bonds is 2. The van der Waals surface area contributed by atoms with Crippen LogP contribution in [-0.2, 0) is 9.53 Å². The van der Waals surface area contributed by atoms with Gasteiger partial charge >= 0.3 is 0 Å². The number of hydrogen-bond acceptors (Lipinski definition) is 4. The molecule has 1 amide bonds. The number of benzene rings is 2. The highest BCUT2D eigenvalue weighted by Crippen LogP contribution is 2.34. The third-order valence-corrected chi connectivity index (χ3v) is 4.44. The molecule has 1 atom stereocenters. The number of carbonyl (C=O) groups is 1. The number of nitrogens with zero attached hydrogens (tertiary/aromatic N) is 3. The van der Waals surface area contributed by atoms with Gasteiger partial charge in [-0.2, -0.15) is 5.01 Å². The normalized spacial score (nSPS) is 16.6. The lowest BCUT2D eigenvalue weighted by atomic mass is 10.0. The van der Waals surface area contributed by atoms with Crippen molar-refractivity contribution < 1.29 is 9.53 Å². The van der Waals surface area contributed by atoms with Crippen LogP contribution in [0.2, 0.25) is 0 Å². The number of aromatic nitrogens is 1. The average molecular weight is 396 g/mol. The molecule has 1 unspecified atom stereocenters. The molecule has 2 heterocycles. The second-order valence-corrected chi connectivity index (χ2v) is 6.61. The fourth-order valence-electron chi connectivity index (χ4n) is 2.88. The van der Waals surface area contributed by atoms with E-state index in [0.29, 0.717) is 11.5 Å². The van der Waals surface area contributed by atoms with Gasteiger partial charge in [0.1, 0.15) is 0 Å². The van der Waals surface area contributed by atoms with Gasteiger partial charge in [-0.25, -0.2) is 0 Å². The largest absolute Gasteiger partial charge is 0.446 e. The molecule has 25 heavy (non-hydrogen) atoms. The fourth-order valence-corrected chi connectivity index (χ4v) is 3.25. The van der Waals surface area contributed by atoms with Crippen LogP contribution in [0.25, 0.3) is 10.8 Å². The lowest BCUT2D eigenvalue weighted by Crippen LogP contribution is -2.25. The van der Waals surface area contributed by atoms with E-state index >= 15 is 0 Å². The standard InChI is InChI=1S/C19H14BrN3O2/c1-12(24)23-19(17-8-4-6-13-5-2-3-7-16(13)17)25-18(22-23)14-9-15(20)11-21-10-14/h2-11,19H,1H3. The van der Waals surface area contributed by atoms with Crippen molar-refractivity contribution in [3.05, 3.63) is 76.5 Å². The average Bonchev–Trinajstić information content (AvgIpc) is 3.07. The monoisotopic (exact) mass is 395 g/mol. The van der Waals surface area contributed by atoms with Gasteiger partial charge < -0.3 is 4.74 Å². The van der Waals surface area contributed by atoms with E-state index in [2.05, 4.69) is 26.0 Å². The third kappa shape index (κ3) is 2.89. The zero-order chi connectivity index (χ0) is 17.4. The van der Waals surface area contributed by atoms with Crippen LogP contribution < -0.4 is 0 Å². The Labute approximate surface area is 153 Å². The molecule has 5 nitrogen and oxygen atoms in total. The van der Waals surface area contributed by atoms with Crippen LogP contribution in [0.5, 0.6) is 0 Å². The van der Waals surface area contributed by atoms with E-state index in [1.165, 1.54) is 11.9 Å². The third-order valence-electron chi connectivity index (χ3n) is 4.01. The molecule has 0 fully saturated rings. The zero-order valence-corrected chi connectivity index (χ0v) is 15.0. The fraction of sp³-hybridized carbons (Fsp3) is 0.105. The van der Waals surface area contributed by atoms with Crippen LogP contribution >= 0.6 is 15.9 Å². The number of hydrogen-bond donors (Lipinski definition) is 0. The molecule has 0 saturated heterocycles. The number of amides is 1. The first-order valence-electron chi connectivity index (χ1n) is 7.77. The number of ether oxygens (including phenoxy) is 1. The smallest absolute Gasteiger partial charge is 0.243 e. The molecule has 0 radical (unpaired) electrons. The van der Waals surface area contributed by atoms with Gasteiger partial charge in [0.2, 0.25) is 18.0 Å². The zero-order valence-electron chi connectivity index (χ0n) is 13.4. The van der Waals surface area contributed by atoms with Crippen molar-refractivity contribution in [2.24, 2.45) is 5.10 Å². The lowest BCUT2D eigenvalue weighted by Gasteiger charge is -2.20. The maximum Gasteiger partial charge on any atom is 0.243 e. The molecule has 1 aromatic heterocycles. The van der Waals surface area contributed by atoms with E-state index in [0.717, 1.165) is 20.8 Å². The van der Waals surface area contributed by atoms with E-state index in [9.17, 15) is 4.79 Å². The second kappa shape index (κ2) is 6.29. The van der Waals surface area contributed by atoms with Crippen molar-refractivity contribution in [1.29, 1.82) is 0 Å². The summed E-state index contributed by atoms with van der Waals surface area (Å²) in [6.45, 7) is 1.48. The molecule has 1 aliphatic rings. The van der Waals surface area contributed by atoms with Gasteiger partial charge in [0.05, 0.1) is 5.56 Å². The van der Waals surface area contributed by atoms with E-state index in [-0.39, 0.29) is 5.91 Å². The highest BCUT2D eigenvalue weighted by Gasteiger charge is 2.34. The Hall–Kier alpha value is -2.73. The minimum atomic E-state index is -0.599. The molecule has 0 aliphatic carbocycles. The SMILES string of the molecule is CC(=O)N1N=C(c2cncc(Br)c2)OC1c1cccc2ccccc12. The van der Waals surface area contributed by atoms with Gasteiger partial charge in [0.25, 0.3) is 0 Å². The molecule has 6 heteroatoms. The second-order valence-electron chi connectivity index (χ2n) is 5.70. The molecule has 0 saturated carbocycles. The lowest BCUT2D eigenvalue weighted by molar-refractivity contribution is -0.135. The summed E-state index contributed by atoms with van der Waals surface area (Å²) >= 11 is 3.39. The Kier molecular flexibility index (Phi) is 3.97. The minimum Gasteiger partial charge on any atom is -0.446 e. The van der Waals surface area contributed by atoms with Crippen LogP contribution in [0.15, 0.2) is 70.5 Å². The molecule has 0 N–H and O–H groups in total. The van der Waals surface area contributed by atoms with Crippen LogP contribution in [0.3, 0.4) is 0 Å². The van der Waals surface area contributed by atoms with Crippen LogP contribution in [-0.4, -0.2) is 21.8 Å². The summed E-state index contributed by atoms with van der Waals surface area (Å²) in [6.07, 6.45) is 2.75. The summed E-state index contributed by atoms with van der Waals surface area (Å²) in [6, 6.07) is 15.8. The number of carbonyl (C=O) groups excluding carboxylic acids is 1. The Morgan fingerprint density at radius 1 is 1.16 bits per heavy atom. The van der Waals surface area contributed by atoms with E-state index in [4.69, 9.17) is 4.74 Å². The Balaban J connectivity index is 1.79. The Bertz CT molecular complexity index is 997. The summed E-state index contributed by atoms with van der Waals surface area (Å²) in [5.74, 6) is 0.192. The van der Waals surface area contributed by atoms with Crippen molar-refractivity contribution in [2.75, 3.05) is 0 Å². The molecule has 0 spiro atoms. The first kappa shape index (κ1) is 15.8. The van der Waals surface area contributed by atoms with Crippen LogP contribution in [0, 0.1) is 0 Å². The van der Waals surface area contributed by atoms with E-state index in [1.54, 1.807) is 12.4 Å². The quantitative estimate of drug-likeness (QED) is 0.651. The molecule has 124 valence electrons. The van der Waals surface area contributed by atoms with Crippen molar-refractivity contribution in [3.63, 3.8) is 0 Å². The molecule has 1 aliphatic heterocycles. The topological polar surface area (TPSA) is 54.8 Å².